The van der Waals surface area contributed by atoms with E-state index in [1.54, 1.807) is 6.20 Å². The summed E-state index contributed by atoms with van der Waals surface area (Å²) in [5.74, 6) is -0.272. The molecule has 3 heterocycles. The molecule has 8 heteroatoms. The monoisotopic (exact) mass is 454 g/mol. The zero-order valence-corrected chi connectivity index (χ0v) is 18.9. The van der Waals surface area contributed by atoms with Gasteiger partial charge in [0.15, 0.2) is 5.11 Å². The molecule has 2 unspecified atom stereocenters. The molecule has 0 saturated carbocycles. The van der Waals surface area contributed by atoms with Crippen LogP contribution in [0.4, 0.5) is 0 Å². The number of nitrogens with zero attached hydrogens (tertiary/aromatic N) is 3. The van der Waals surface area contributed by atoms with E-state index in [1.165, 1.54) is 7.11 Å². The van der Waals surface area contributed by atoms with Gasteiger partial charge >= 0.3 is 5.97 Å². The highest BCUT2D eigenvalue weighted by Gasteiger charge is 2.41. The Bertz CT molecular complexity index is 1100. The van der Waals surface area contributed by atoms with Crippen molar-refractivity contribution in [2.24, 2.45) is 0 Å². The summed E-state index contributed by atoms with van der Waals surface area (Å²) in [5.41, 5.74) is 3.93. The van der Waals surface area contributed by atoms with Gasteiger partial charge in [0, 0.05) is 35.3 Å². The fourth-order valence-electron chi connectivity index (χ4n) is 3.93. The van der Waals surface area contributed by atoms with Crippen LogP contribution in [0.3, 0.4) is 0 Å². The molecular weight excluding hydrogens is 432 g/mol. The molecule has 1 aliphatic rings. The SMILES string of the molecule is COC(=O)CCN1C(=S)NC(c2ccccn2)C1c1cccn1-c1ccc(Cl)c(C)c1. The summed E-state index contributed by atoms with van der Waals surface area (Å²) in [4.78, 5) is 18.4. The van der Waals surface area contributed by atoms with Gasteiger partial charge in [0.25, 0.3) is 0 Å². The Kier molecular flexibility index (Phi) is 6.25. The Balaban J connectivity index is 1.77. The van der Waals surface area contributed by atoms with Crippen LogP contribution in [-0.4, -0.2) is 39.2 Å². The van der Waals surface area contributed by atoms with Crippen molar-refractivity contribution < 1.29 is 9.53 Å². The van der Waals surface area contributed by atoms with Gasteiger partial charge in [-0.05, 0) is 67.2 Å². The van der Waals surface area contributed by atoms with E-state index in [0.717, 1.165) is 27.7 Å². The van der Waals surface area contributed by atoms with Crippen LogP contribution >= 0.6 is 23.8 Å². The van der Waals surface area contributed by atoms with Crippen molar-refractivity contribution in [3.05, 3.63) is 82.9 Å². The lowest BCUT2D eigenvalue weighted by atomic mass is 10.0. The van der Waals surface area contributed by atoms with Gasteiger partial charge in [-0.3, -0.25) is 9.78 Å². The first-order valence-electron chi connectivity index (χ1n) is 9.98. The van der Waals surface area contributed by atoms with E-state index in [-0.39, 0.29) is 24.5 Å². The lowest BCUT2D eigenvalue weighted by Crippen LogP contribution is -2.32. The number of halogens is 1. The number of rotatable bonds is 6. The number of methoxy groups -OCH3 is 1. The number of hydrogen-bond acceptors (Lipinski definition) is 4. The standard InChI is InChI=1S/C23H23ClN4O2S/c1-15-14-16(8-9-17(15)24)27-12-5-7-19(27)22-21(18-6-3-4-11-25-18)26-23(31)28(22)13-10-20(29)30-2/h3-9,11-12,14,21-22H,10,13H2,1-2H3,(H,26,31). The fourth-order valence-corrected chi connectivity index (χ4v) is 4.38. The lowest BCUT2D eigenvalue weighted by molar-refractivity contribution is -0.140. The predicted octanol–water partition coefficient (Wildman–Crippen LogP) is 4.37. The highest BCUT2D eigenvalue weighted by atomic mass is 35.5. The first-order chi connectivity index (χ1) is 15.0. The smallest absolute Gasteiger partial charge is 0.307 e. The third kappa shape index (κ3) is 4.29. The summed E-state index contributed by atoms with van der Waals surface area (Å²) < 4.78 is 6.97. The molecule has 2 atom stereocenters. The molecule has 2 aromatic heterocycles. The van der Waals surface area contributed by atoms with Crippen molar-refractivity contribution in [1.29, 1.82) is 0 Å². The maximum absolute atomic E-state index is 11.8. The number of hydrogen-bond donors (Lipinski definition) is 1. The number of nitrogens with one attached hydrogen (secondary N) is 1. The molecule has 1 saturated heterocycles. The van der Waals surface area contributed by atoms with Crippen LogP contribution in [0.15, 0.2) is 60.9 Å². The second-order valence-electron chi connectivity index (χ2n) is 7.38. The zero-order valence-electron chi connectivity index (χ0n) is 17.3. The maximum atomic E-state index is 11.8. The molecule has 0 aliphatic carbocycles. The third-order valence-corrected chi connectivity index (χ3v) is 6.26. The second kappa shape index (κ2) is 9.08. The first-order valence-corrected chi connectivity index (χ1v) is 10.8. The Morgan fingerprint density at radius 1 is 1.26 bits per heavy atom. The van der Waals surface area contributed by atoms with Crippen molar-refractivity contribution in [1.82, 2.24) is 19.8 Å². The van der Waals surface area contributed by atoms with E-state index in [4.69, 9.17) is 28.6 Å². The van der Waals surface area contributed by atoms with E-state index in [1.807, 2.05) is 54.4 Å². The predicted molar refractivity (Wildman–Crippen MR) is 124 cm³/mol. The zero-order chi connectivity index (χ0) is 22.0. The highest BCUT2D eigenvalue weighted by Crippen LogP contribution is 2.39. The first kappa shape index (κ1) is 21.3. The second-order valence-corrected chi connectivity index (χ2v) is 8.18. The van der Waals surface area contributed by atoms with Crippen molar-refractivity contribution in [2.45, 2.75) is 25.4 Å². The number of carbonyl (C=O) groups excluding carboxylic acids is 1. The summed E-state index contributed by atoms with van der Waals surface area (Å²) >= 11 is 11.9. The lowest BCUT2D eigenvalue weighted by Gasteiger charge is -2.28. The number of benzene rings is 1. The molecule has 0 amide bonds. The fraction of sp³-hybridized carbons (Fsp3) is 0.261. The van der Waals surface area contributed by atoms with Crippen LogP contribution in [0, 0.1) is 6.92 Å². The molecule has 1 N–H and O–H groups in total. The average molecular weight is 455 g/mol. The number of thiocarbonyl (C=S) groups is 1. The minimum Gasteiger partial charge on any atom is -0.469 e. The molecule has 1 aliphatic heterocycles. The largest absolute Gasteiger partial charge is 0.469 e. The van der Waals surface area contributed by atoms with E-state index >= 15 is 0 Å². The van der Waals surface area contributed by atoms with Gasteiger partial charge in [-0.2, -0.15) is 0 Å². The minimum absolute atomic E-state index is 0.155. The van der Waals surface area contributed by atoms with E-state index < -0.39 is 0 Å². The summed E-state index contributed by atoms with van der Waals surface area (Å²) in [6.45, 7) is 2.43. The van der Waals surface area contributed by atoms with Crippen molar-refractivity contribution in [2.75, 3.05) is 13.7 Å². The molecule has 31 heavy (non-hydrogen) atoms. The Morgan fingerprint density at radius 3 is 2.81 bits per heavy atom. The minimum atomic E-state index is -0.272. The van der Waals surface area contributed by atoms with E-state index in [2.05, 4.69) is 27.0 Å². The number of aryl methyl sites for hydroxylation is 1. The van der Waals surface area contributed by atoms with Gasteiger partial charge < -0.3 is 19.5 Å². The van der Waals surface area contributed by atoms with Crippen LogP contribution in [-0.2, 0) is 9.53 Å². The summed E-state index contributed by atoms with van der Waals surface area (Å²) in [7, 11) is 1.39. The summed E-state index contributed by atoms with van der Waals surface area (Å²) in [6.07, 6.45) is 4.04. The van der Waals surface area contributed by atoms with Crippen LogP contribution in [0.25, 0.3) is 5.69 Å². The molecular formula is C23H23ClN4O2S. The molecule has 0 bridgehead atoms. The number of aromatic nitrogens is 2. The van der Waals surface area contributed by atoms with Gasteiger partial charge in [0.05, 0.1) is 31.3 Å². The van der Waals surface area contributed by atoms with Crippen LogP contribution < -0.4 is 5.32 Å². The normalized spacial score (nSPS) is 18.2. The molecule has 0 spiro atoms. The van der Waals surface area contributed by atoms with Gasteiger partial charge in [0.1, 0.15) is 0 Å². The van der Waals surface area contributed by atoms with Crippen LogP contribution in [0.2, 0.25) is 5.02 Å². The van der Waals surface area contributed by atoms with Gasteiger partial charge in [-0.1, -0.05) is 17.7 Å². The molecule has 0 radical (unpaired) electrons. The van der Waals surface area contributed by atoms with E-state index in [0.29, 0.717) is 11.7 Å². The van der Waals surface area contributed by atoms with Gasteiger partial charge in [0.2, 0.25) is 0 Å². The Hall–Kier alpha value is -2.90. The molecule has 160 valence electrons. The molecule has 1 aromatic carbocycles. The van der Waals surface area contributed by atoms with Crippen LogP contribution in [0.5, 0.6) is 0 Å². The third-order valence-electron chi connectivity index (χ3n) is 5.49. The molecule has 6 nitrogen and oxygen atoms in total. The van der Waals surface area contributed by atoms with E-state index in [9.17, 15) is 4.79 Å². The Morgan fingerprint density at radius 2 is 2.10 bits per heavy atom. The van der Waals surface area contributed by atoms with Crippen molar-refractivity contribution >= 4 is 34.9 Å². The number of ether oxygens (including phenoxy) is 1. The average Bonchev–Trinajstić information content (AvgIpc) is 3.38. The van der Waals surface area contributed by atoms with Gasteiger partial charge in [-0.15, -0.1) is 0 Å². The van der Waals surface area contributed by atoms with Crippen molar-refractivity contribution in [3.63, 3.8) is 0 Å². The molecule has 3 aromatic rings. The summed E-state index contributed by atoms with van der Waals surface area (Å²) in [5, 5.41) is 4.72. The van der Waals surface area contributed by atoms with Crippen LogP contribution in [0.1, 0.15) is 35.5 Å². The summed E-state index contributed by atoms with van der Waals surface area (Å²) in [6, 6.07) is 15.6. The molecule has 1 fully saturated rings. The quantitative estimate of drug-likeness (QED) is 0.441. The highest BCUT2D eigenvalue weighted by molar-refractivity contribution is 7.80. The Labute approximate surface area is 191 Å². The number of carbonyl (C=O) groups is 1. The number of pyridine rings is 1. The van der Waals surface area contributed by atoms with Gasteiger partial charge in [-0.25, -0.2) is 0 Å². The number of esters is 1. The maximum Gasteiger partial charge on any atom is 0.307 e. The molecule has 4 rings (SSSR count). The van der Waals surface area contributed by atoms with Crippen molar-refractivity contribution in [3.8, 4) is 5.69 Å². The topological polar surface area (TPSA) is 59.4 Å².